The van der Waals surface area contributed by atoms with Crippen LogP contribution in [0.5, 0.6) is 0 Å². The number of nitrogens with zero attached hydrogens (tertiary/aromatic N) is 2. The highest BCUT2D eigenvalue weighted by molar-refractivity contribution is 5.76. The van der Waals surface area contributed by atoms with Crippen LogP contribution in [0.4, 0.5) is 0 Å². The highest BCUT2D eigenvalue weighted by Crippen LogP contribution is 2.18. The van der Waals surface area contributed by atoms with Gasteiger partial charge in [0.1, 0.15) is 12.2 Å². The van der Waals surface area contributed by atoms with Crippen LogP contribution in [-0.4, -0.2) is 21.1 Å². The summed E-state index contributed by atoms with van der Waals surface area (Å²) in [6.45, 7) is 7.98. The van der Waals surface area contributed by atoms with E-state index in [-0.39, 0.29) is 17.4 Å². The number of amides is 1. The Balaban J connectivity index is 2.45. The first kappa shape index (κ1) is 11.7. The Morgan fingerprint density at radius 1 is 1.60 bits per heavy atom. The molecule has 0 radical (unpaired) electrons. The number of rotatable bonds is 3. The Kier molecular flexibility index (Phi) is 3.44. The lowest BCUT2D eigenvalue weighted by Crippen LogP contribution is -2.30. The van der Waals surface area contributed by atoms with E-state index in [0.717, 1.165) is 0 Å². The zero-order valence-electron chi connectivity index (χ0n) is 9.66. The zero-order valence-corrected chi connectivity index (χ0v) is 9.66. The summed E-state index contributed by atoms with van der Waals surface area (Å²) in [5, 5.41) is 9.33. The van der Waals surface area contributed by atoms with Gasteiger partial charge in [0.25, 0.3) is 0 Å². The van der Waals surface area contributed by atoms with Crippen LogP contribution in [-0.2, 0) is 4.79 Å². The summed E-state index contributed by atoms with van der Waals surface area (Å²) in [5.74, 6) is 0.712. The van der Waals surface area contributed by atoms with E-state index < -0.39 is 0 Å². The van der Waals surface area contributed by atoms with Crippen molar-refractivity contribution in [3.05, 3.63) is 12.2 Å². The molecular formula is C10H18N4O. The van der Waals surface area contributed by atoms with Crippen molar-refractivity contribution in [2.24, 2.45) is 5.41 Å². The van der Waals surface area contributed by atoms with E-state index >= 15 is 0 Å². The number of carbonyl (C=O) groups excluding carboxylic acids is 1. The molecule has 2 N–H and O–H groups in total. The topological polar surface area (TPSA) is 70.7 Å². The normalized spacial score (nSPS) is 13.6. The van der Waals surface area contributed by atoms with Gasteiger partial charge in [-0.3, -0.25) is 9.89 Å². The van der Waals surface area contributed by atoms with Crippen LogP contribution in [0, 0.1) is 5.41 Å². The molecule has 0 spiro atoms. The summed E-state index contributed by atoms with van der Waals surface area (Å²) >= 11 is 0. The Morgan fingerprint density at radius 2 is 2.27 bits per heavy atom. The smallest absolute Gasteiger partial charge is 0.221 e. The molecule has 1 aromatic rings. The molecule has 1 unspecified atom stereocenters. The molecule has 0 saturated heterocycles. The van der Waals surface area contributed by atoms with Gasteiger partial charge in [0.15, 0.2) is 0 Å². The van der Waals surface area contributed by atoms with Crippen molar-refractivity contribution in [1.29, 1.82) is 0 Å². The van der Waals surface area contributed by atoms with Crippen molar-refractivity contribution in [3.63, 3.8) is 0 Å². The number of H-pyrrole nitrogens is 1. The number of carbonyl (C=O) groups is 1. The lowest BCUT2D eigenvalue weighted by Gasteiger charge is -2.19. The Morgan fingerprint density at radius 3 is 2.73 bits per heavy atom. The maximum absolute atomic E-state index is 11.6. The predicted molar refractivity (Wildman–Crippen MR) is 57.0 cm³/mol. The molecule has 0 bridgehead atoms. The maximum atomic E-state index is 11.6. The van der Waals surface area contributed by atoms with Crippen molar-refractivity contribution in [3.8, 4) is 0 Å². The van der Waals surface area contributed by atoms with Crippen molar-refractivity contribution in [1.82, 2.24) is 20.5 Å². The first-order chi connectivity index (χ1) is 6.88. The van der Waals surface area contributed by atoms with Crippen molar-refractivity contribution >= 4 is 5.91 Å². The van der Waals surface area contributed by atoms with Crippen LogP contribution in [0.1, 0.15) is 46.0 Å². The molecule has 0 aliphatic rings. The van der Waals surface area contributed by atoms with Crippen LogP contribution < -0.4 is 5.32 Å². The molecule has 0 aromatic carbocycles. The molecular weight excluding hydrogens is 192 g/mol. The number of aromatic nitrogens is 3. The molecule has 15 heavy (non-hydrogen) atoms. The fraction of sp³-hybridized carbons (Fsp3) is 0.700. The van der Waals surface area contributed by atoms with Gasteiger partial charge in [-0.2, -0.15) is 5.10 Å². The number of hydrogen-bond donors (Lipinski definition) is 2. The molecule has 1 amide bonds. The summed E-state index contributed by atoms with van der Waals surface area (Å²) in [6, 6.07) is -0.123. The van der Waals surface area contributed by atoms with Gasteiger partial charge >= 0.3 is 0 Å². The number of aromatic amines is 1. The molecule has 1 rings (SSSR count). The quantitative estimate of drug-likeness (QED) is 0.792. The van der Waals surface area contributed by atoms with Crippen LogP contribution >= 0.6 is 0 Å². The van der Waals surface area contributed by atoms with Gasteiger partial charge in [-0.25, -0.2) is 4.98 Å². The van der Waals surface area contributed by atoms with Crippen LogP contribution in [0.2, 0.25) is 0 Å². The van der Waals surface area contributed by atoms with Gasteiger partial charge in [-0.05, 0) is 12.3 Å². The van der Waals surface area contributed by atoms with Crippen LogP contribution in [0.3, 0.4) is 0 Å². The molecule has 0 saturated carbocycles. The lowest BCUT2D eigenvalue weighted by molar-refractivity contribution is -0.123. The van der Waals surface area contributed by atoms with Crippen molar-refractivity contribution < 1.29 is 4.79 Å². The molecule has 5 nitrogen and oxygen atoms in total. The van der Waals surface area contributed by atoms with Gasteiger partial charge in [-0.1, -0.05) is 20.8 Å². The third-order valence-corrected chi connectivity index (χ3v) is 1.91. The zero-order chi connectivity index (χ0) is 11.5. The summed E-state index contributed by atoms with van der Waals surface area (Å²) in [5.41, 5.74) is 0.00518. The van der Waals surface area contributed by atoms with Gasteiger partial charge < -0.3 is 5.32 Å². The average Bonchev–Trinajstić information content (AvgIpc) is 2.50. The maximum Gasteiger partial charge on any atom is 0.221 e. The molecule has 1 aromatic heterocycles. The second-order valence-electron chi connectivity index (χ2n) is 4.90. The summed E-state index contributed by atoms with van der Waals surface area (Å²) < 4.78 is 0. The summed E-state index contributed by atoms with van der Waals surface area (Å²) in [7, 11) is 0. The average molecular weight is 210 g/mol. The molecule has 0 fully saturated rings. The molecule has 5 heteroatoms. The second kappa shape index (κ2) is 4.42. The third-order valence-electron chi connectivity index (χ3n) is 1.91. The molecule has 1 heterocycles. The number of hydrogen-bond acceptors (Lipinski definition) is 3. The van der Waals surface area contributed by atoms with E-state index in [2.05, 4.69) is 20.5 Å². The van der Waals surface area contributed by atoms with Gasteiger partial charge in [0.2, 0.25) is 5.91 Å². The monoisotopic (exact) mass is 210 g/mol. The van der Waals surface area contributed by atoms with Gasteiger partial charge in [0, 0.05) is 6.42 Å². The molecule has 1 atom stereocenters. The van der Waals surface area contributed by atoms with E-state index in [1.54, 1.807) is 0 Å². The van der Waals surface area contributed by atoms with Crippen molar-refractivity contribution in [2.75, 3.05) is 0 Å². The second-order valence-corrected chi connectivity index (χ2v) is 4.90. The van der Waals surface area contributed by atoms with E-state index in [1.165, 1.54) is 6.33 Å². The molecule has 0 aliphatic heterocycles. The highest BCUT2D eigenvalue weighted by Gasteiger charge is 2.18. The predicted octanol–water partition coefficient (Wildman–Crippen LogP) is 1.42. The standard InChI is InChI=1S/C10H18N4O/c1-7(9-11-6-12-14-9)13-8(15)5-10(2,3)4/h6-7H,5H2,1-4H3,(H,13,15)(H,11,12,14). The van der Waals surface area contributed by atoms with E-state index in [0.29, 0.717) is 12.2 Å². The van der Waals surface area contributed by atoms with E-state index in [1.807, 2.05) is 27.7 Å². The fourth-order valence-electron chi connectivity index (χ4n) is 1.27. The van der Waals surface area contributed by atoms with Crippen LogP contribution in [0.25, 0.3) is 0 Å². The Bertz CT molecular complexity index is 313. The first-order valence-electron chi connectivity index (χ1n) is 5.03. The summed E-state index contributed by atoms with van der Waals surface area (Å²) in [6.07, 6.45) is 1.94. The van der Waals surface area contributed by atoms with E-state index in [9.17, 15) is 4.79 Å². The van der Waals surface area contributed by atoms with Gasteiger partial charge in [-0.15, -0.1) is 0 Å². The van der Waals surface area contributed by atoms with Gasteiger partial charge in [0.05, 0.1) is 6.04 Å². The minimum Gasteiger partial charge on any atom is -0.346 e. The summed E-state index contributed by atoms with van der Waals surface area (Å²) in [4.78, 5) is 15.6. The Labute approximate surface area is 89.7 Å². The van der Waals surface area contributed by atoms with Crippen LogP contribution in [0.15, 0.2) is 6.33 Å². The largest absolute Gasteiger partial charge is 0.346 e. The minimum atomic E-state index is -0.123. The first-order valence-corrected chi connectivity index (χ1v) is 5.03. The fourth-order valence-corrected chi connectivity index (χ4v) is 1.27. The SMILES string of the molecule is CC(NC(=O)CC(C)(C)C)c1ncn[nH]1. The lowest BCUT2D eigenvalue weighted by atomic mass is 9.92. The molecule has 0 aliphatic carbocycles. The highest BCUT2D eigenvalue weighted by atomic mass is 16.1. The third kappa shape index (κ3) is 4.10. The minimum absolute atomic E-state index is 0.00518. The van der Waals surface area contributed by atoms with E-state index in [4.69, 9.17) is 0 Å². The molecule has 84 valence electrons. The number of nitrogens with one attached hydrogen (secondary N) is 2. The van der Waals surface area contributed by atoms with Crippen molar-refractivity contribution in [2.45, 2.75) is 40.2 Å². The Hall–Kier alpha value is -1.39.